The molecule has 5 rings (SSSR count). The van der Waals surface area contributed by atoms with Crippen LogP contribution in [0.25, 0.3) is 0 Å². The summed E-state index contributed by atoms with van der Waals surface area (Å²) >= 11 is 0. The molecule has 4 heterocycles. The number of anilines is 1. The molecule has 4 aliphatic heterocycles. The summed E-state index contributed by atoms with van der Waals surface area (Å²) in [6.45, 7) is 5.35. The maximum absolute atomic E-state index is 13.5. The van der Waals surface area contributed by atoms with Crippen molar-refractivity contribution < 1.29 is 14.4 Å². The fourth-order valence-electron chi connectivity index (χ4n) is 6.18. The standard InChI is InChI=1S/C22H27N3O3/c1-3-5-11-24-19(26)16-15-10-7-12-25(15)22(17(16)20(24)27)14-9-6-8-13(4-2)18(14)23-21(22)28/h6,8-9,15-17H,3-5,7,10-12H2,1-2H3,(H,23,28)/t15-,16+,17-,22-/m0/s1. The molecule has 0 bridgehead atoms. The van der Waals surface area contributed by atoms with Crippen molar-refractivity contribution in [1.29, 1.82) is 0 Å². The lowest BCUT2D eigenvalue weighted by Gasteiger charge is -2.36. The molecule has 0 saturated carbocycles. The van der Waals surface area contributed by atoms with E-state index in [0.717, 1.165) is 55.5 Å². The third kappa shape index (κ3) is 1.94. The lowest BCUT2D eigenvalue weighted by Crippen LogP contribution is -2.54. The Balaban J connectivity index is 1.69. The first-order valence-corrected chi connectivity index (χ1v) is 10.6. The average Bonchev–Trinajstić information content (AvgIpc) is 3.39. The lowest BCUT2D eigenvalue weighted by molar-refractivity contribution is -0.145. The van der Waals surface area contributed by atoms with Crippen molar-refractivity contribution in [3.05, 3.63) is 29.3 Å². The van der Waals surface area contributed by atoms with Crippen LogP contribution in [0.5, 0.6) is 0 Å². The van der Waals surface area contributed by atoms with Gasteiger partial charge in [0.05, 0.1) is 11.8 Å². The van der Waals surface area contributed by atoms with Gasteiger partial charge in [-0.2, -0.15) is 0 Å². The molecule has 0 unspecified atom stereocenters. The van der Waals surface area contributed by atoms with Crippen molar-refractivity contribution in [3.8, 4) is 0 Å². The fraction of sp³-hybridized carbons (Fsp3) is 0.591. The zero-order valence-electron chi connectivity index (χ0n) is 16.5. The topological polar surface area (TPSA) is 69.7 Å². The number of carbonyl (C=O) groups excluding carboxylic acids is 3. The minimum Gasteiger partial charge on any atom is -0.324 e. The first-order valence-electron chi connectivity index (χ1n) is 10.6. The molecule has 4 aliphatic rings. The van der Waals surface area contributed by atoms with Crippen LogP contribution in [0.1, 0.15) is 50.7 Å². The summed E-state index contributed by atoms with van der Waals surface area (Å²) in [5, 5.41) is 3.11. The quantitative estimate of drug-likeness (QED) is 0.813. The molecule has 6 nitrogen and oxygen atoms in total. The molecular formula is C22H27N3O3. The smallest absolute Gasteiger partial charge is 0.250 e. The number of aryl methyl sites for hydroxylation is 1. The zero-order valence-corrected chi connectivity index (χ0v) is 16.5. The summed E-state index contributed by atoms with van der Waals surface area (Å²) in [5.74, 6) is -1.33. The summed E-state index contributed by atoms with van der Waals surface area (Å²) in [4.78, 5) is 44.0. The monoisotopic (exact) mass is 381 g/mol. The second-order valence-electron chi connectivity index (χ2n) is 8.50. The Morgan fingerprint density at radius 1 is 1.18 bits per heavy atom. The summed E-state index contributed by atoms with van der Waals surface area (Å²) in [5.41, 5.74) is 1.81. The Morgan fingerprint density at radius 3 is 2.75 bits per heavy atom. The molecule has 0 aromatic heterocycles. The van der Waals surface area contributed by atoms with Gasteiger partial charge >= 0.3 is 0 Å². The van der Waals surface area contributed by atoms with Gasteiger partial charge in [-0.25, -0.2) is 0 Å². The highest BCUT2D eigenvalue weighted by Crippen LogP contribution is 2.60. The number of fused-ring (bicyclic) bond motifs is 7. The Hall–Kier alpha value is -2.21. The number of carbonyl (C=O) groups is 3. The molecule has 28 heavy (non-hydrogen) atoms. The molecule has 3 saturated heterocycles. The molecule has 1 aromatic rings. The van der Waals surface area contributed by atoms with Crippen LogP contribution < -0.4 is 5.32 Å². The van der Waals surface area contributed by atoms with E-state index < -0.39 is 17.4 Å². The number of hydrogen-bond acceptors (Lipinski definition) is 4. The fourth-order valence-corrected chi connectivity index (χ4v) is 6.18. The molecule has 3 fully saturated rings. The van der Waals surface area contributed by atoms with Crippen LogP contribution in [-0.2, 0) is 26.3 Å². The molecule has 1 N–H and O–H groups in total. The van der Waals surface area contributed by atoms with Crippen LogP contribution in [0.15, 0.2) is 18.2 Å². The Bertz CT molecular complexity index is 882. The minimum absolute atomic E-state index is 0.0185. The van der Waals surface area contributed by atoms with Crippen LogP contribution >= 0.6 is 0 Å². The van der Waals surface area contributed by atoms with Crippen LogP contribution in [0.3, 0.4) is 0 Å². The largest absolute Gasteiger partial charge is 0.324 e. The van der Waals surface area contributed by atoms with Crippen LogP contribution in [0.4, 0.5) is 5.69 Å². The van der Waals surface area contributed by atoms with Crippen LogP contribution in [0, 0.1) is 11.8 Å². The summed E-state index contributed by atoms with van der Waals surface area (Å²) in [7, 11) is 0. The van der Waals surface area contributed by atoms with E-state index in [-0.39, 0.29) is 23.8 Å². The Kier molecular flexibility index (Phi) is 3.92. The van der Waals surface area contributed by atoms with E-state index in [4.69, 9.17) is 0 Å². The van der Waals surface area contributed by atoms with Gasteiger partial charge < -0.3 is 5.32 Å². The van der Waals surface area contributed by atoms with Gasteiger partial charge in [0.25, 0.3) is 0 Å². The van der Waals surface area contributed by atoms with E-state index in [1.807, 2.05) is 18.2 Å². The second-order valence-corrected chi connectivity index (χ2v) is 8.50. The number of unbranched alkanes of at least 4 members (excludes halogenated alkanes) is 1. The second kappa shape index (κ2) is 6.14. The van der Waals surface area contributed by atoms with Gasteiger partial charge in [-0.1, -0.05) is 38.5 Å². The van der Waals surface area contributed by atoms with Gasteiger partial charge in [-0.05, 0) is 37.8 Å². The van der Waals surface area contributed by atoms with Gasteiger partial charge in [-0.3, -0.25) is 24.2 Å². The number of imide groups is 1. The van der Waals surface area contributed by atoms with Crippen molar-refractivity contribution in [3.63, 3.8) is 0 Å². The number of nitrogens with zero attached hydrogens (tertiary/aromatic N) is 2. The minimum atomic E-state index is -1.03. The van der Waals surface area contributed by atoms with Gasteiger partial charge in [0.2, 0.25) is 17.7 Å². The van der Waals surface area contributed by atoms with E-state index in [0.29, 0.717) is 6.54 Å². The predicted molar refractivity (Wildman–Crippen MR) is 104 cm³/mol. The Labute approximate surface area is 165 Å². The highest BCUT2D eigenvalue weighted by Gasteiger charge is 2.74. The number of nitrogens with one attached hydrogen (secondary N) is 1. The molecule has 0 aliphatic carbocycles. The third-order valence-corrected chi connectivity index (χ3v) is 7.32. The van der Waals surface area contributed by atoms with Crippen molar-refractivity contribution in [2.75, 3.05) is 18.4 Å². The zero-order chi connectivity index (χ0) is 19.6. The van der Waals surface area contributed by atoms with Crippen molar-refractivity contribution in [2.45, 2.75) is 57.5 Å². The molecule has 4 atom stereocenters. The van der Waals surface area contributed by atoms with Gasteiger partial charge in [0.15, 0.2) is 0 Å². The van der Waals surface area contributed by atoms with Crippen molar-refractivity contribution in [1.82, 2.24) is 9.80 Å². The predicted octanol–water partition coefficient (Wildman–Crippen LogP) is 2.28. The summed E-state index contributed by atoms with van der Waals surface area (Å²) in [6, 6.07) is 5.97. The molecule has 6 heteroatoms. The molecule has 148 valence electrons. The number of hydrogen-bond donors (Lipinski definition) is 1. The first-order chi connectivity index (χ1) is 13.6. The van der Waals surface area contributed by atoms with Crippen LogP contribution in [0.2, 0.25) is 0 Å². The number of amides is 3. The number of benzene rings is 1. The molecule has 1 spiro atoms. The average molecular weight is 381 g/mol. The number of rotatable bonds is 4. The molecule has 0 radical (unpaired) electrons. The van der Waals surface area contributed by atoms with Gasteiger partial charge in [0.1, 0.15) is 5.54 Å². The van der Waals surface area contributed by atoms with E-state index >= 15 is 0 Å². The Morgan fingerprint density at radius 2 is 2.00 bits per heavy atom. The van der Waals surface area contributed by atoms with E-state index in [1.54, 1.807) is 0 Å². The van der Waals surface area contributed by atoms with Crippen molar-refractivity contribution >= 4 is 23.4 Å². The summed E-state index contributed by atoms with van der Waals surface area (Å²) < 4.78 is 0. The molecule has 1 aromatic carbocycles. The van der Waals surface area contributed by atoms with E-state index in [9.17, 15) is 14.4 Å². The van der Waals surface area contributed by atoms with E-state index in [2.05, 4.69) is 24.1 Å². The number of likely N-dealkylation sites (tertiary alicyclic amines) is 1. The number of para-hydroxylation sites is 1. The highest BCUT2D eigenvalue weighted by molar-refractivity contribution is 6.15. The molecule has 3 amide bonds. The summed E-state index contributed by atoms with van der Waals surface area (Å²) in [6.07, 6.45) is 4.38. The first kappa shape index (κ1) is 17.9. The normalized spacial score (nSPS) is 33.6. The SMILES string of the molecule is CCCCN1C(=O)[C@H]2[C@@H](C1=O)[C@@]1(C(=O)Nc3c(CC)cccc31)N1CCC[C@@H]21. The van der Waals surface area contributed by atoms with Gasteiger partial charge in [-0.15, -0.1) is 0 Å². The van der Waals surface area contributed by atoms with Gasteiger partial charge in [0, 0.05) is 23.8 Å². The maximum atomic E-state index is 13.5. The van der Waals surface area contributed by atoms with Crippen molar-refractivity contribution in [2.24, 2.45) is 11.8 Å². The highest BCUT2D eigenvalue weighted by atomic mass is 16.2. The molecular weight excluding hydrogens is 354 g/mol. The lowest BCUT2D eigenvalue weighted by atomic mass is 9.75. The third-order valence-electron chi connectivity index (χ3n) is 7.32. The maximum Gasteiger partial charge on any atom is 0.250 e. The van der Waals surface area contributed by atoms with Crippen LogP contribution in [-0.4, -0.2) is 46.7 Å². The van der Waals surface area contributed by atoms with E-state index in [1.165, 1.54) is 4.90 Å².